The first kappa shape index (κ1) is 10.0. The van der Waals surface area contributed by atoms with Crippen LogP contribution in [-0.4, -0.2) is 19.9 Å². The quantitative estimate of drug-likeness (QED) is 0.632. The third-order valence-corrected chi connectivity index (χ3v) is 3.95. The molecule has 0 aromatic carbocycles. The fourth-order valence-corrected chi connectivity index (χ4v) is 2.73. The fourth-order valence-electron chi connectivity index (χ4n) is 1.65. The Bertz CT molecular complexity index is 211. The second kappa shape index (κ2) is 4.26. The number of sulfone groups is 1. The average molecular weight is 189 g/mol. The van der Waals surface area contributed by atoms with Gasteiger partial charge in [-0.2, -0.15) is 0 Å². The maximum absolute atomic E-state index is 11.2. The molecule has 1 atom stereocenters. The highest BCUT2D eigenvalue weighted by molar-refractivity contribution is 7.91. The van der Waals surface area contributed by atoms with Crippen LogP contribution < -0.4 is 0 Å². The molecule has 2 nitrogen and oxygen atoms in total. The molecule has 0 aromatic rings. The van der Waals surface area contributed by atoms with Crippen molar-refractivity contribution in [3.05, 3.63) is 6.42 Å². The molecular formula is C9H17O2S. The largest absolute Gasteiger partial charge is 0.229 e. The van der Waals surface area contributed by atoms with Gasteiger partial charge in [-0.1, -0.05) is 25.7 Å². The van der Waals surface area contributed by atoms with E-state index in [1.807, 2.05) is 6.42 Å². The Balaban J connectivity index is 2.51. The first-order chi connectivity index (χ1) is 5.61. The maximum Gasteiger partial charge on any atom is 0.150 e. The molecule has 12 heavy (non-hydrogen) atoms. The highest BCUT2D eigenvalue weighted by Crippen LogP contribution is 2.20. The lowest BCUT2D eigenvalue weighted by Crippen LogP contribution is -2.21. The summed E-state index contributed by atoms with van der Waals surface area (Å²) in [5.74, 6) is 0. The van der Waals surface area contributed by atoms with Crippen molar-refractivity contribution in [2.45, 2.75) is 43.8 Å². The van der Waals surface area contributed by atoms with E-state index in [1.165, 1.54) is 19.1 Å². The zero-order chi connectivity index (χ0) is 9.03. The Morgan fingerprint density at radius 1 is 1.17 bits per heavy atom. The number of rotatable bonds is 1. The minimum atomic E-state index is -2.82. The molecule has 0 N–H and O–H groups in total. The first-order valence-electron chi connectivity index (χ1n) is 4.63. The highest BCUT2D eigenvalue weighted by atomic mass is 32.2. The molecule has 0 bridgehead atoms. The van der Waals surface area contributed by atoms with E-state index in [0.717, 1.165) is 25.7 Å². The van der Waals surface area contributed by atoms with Gasteiger partial charge in [0.15, 0.2) is 9.84 Å². The molecule has 1 fully saturated rings. The predicted molar refractivity (Wildman–Crippen MR) is 50.6 cm³/mol. The fraction of sp³-hybridized carbons (Fsp3) is 0.889. The Hall–Kier alpha value is -0.0500. The Kier molecular flexibility index (Phi) is 3.56. The molecule has 1 rings (SSSR count). The monoisotopic (exact) mass is 189 g/mol. The van der Waals surface area contributed by atoms with Gasteiger partial charge in [0.1, 0.15) is 0 Å². The van der Waals surface area contributed by atoms with Crippen LogP contribution in [0.4, 0.5) is 0 Å². The standard InChI is InChI=1S/C9H17O2S/c1-12(10,11)9-7-5-3-2-4-6-8-9/h7,9H,2-6,8H2,1H3. The summed E-state index contributed by atoms with van der Waals surface area (Å²) in [6, 6.07) is 0. The molecule has 1 unspecified atom stereocenters. The van der Waals surface area contributed by atoms with Crippen LogP contribution in [0.1, 0.15) is 38.5 Å². The van der Waals surface area contributed by atoms with Crippen molar-refractivity contribution in [1.29, 1.82) is 0 Å². The summed E-state index contributed by atoms with van der Waals surface area (Å²) in [5, 5.41) is -0.169. The summed E-state index contributed by atoms with van der Waals surface area (Å²) in [7, 11) is -2.82. The van der Waals surface area contributed by atoms with Crippen molar-refractivity contribution < 1.29 is 8.42 Å². The first-order valence-corrected chi connectivity index (χ1v) is 6.58. The van der Waals surface area contributed by atoms with Crippen molar-refractivity contribution in [3.8, 4) is 0 Å². The smallest absolute Gasteiger partial charge is 0.150 e. The Labute approximate surface area is 75.3 Å². The molecule has 0 spiro atoms. The molecule has 0 amide bonds. The van der Waals surface area contributed by atoms with Gasteiger partial charge in [-0.3, -0.25) is 0 Å². The van der Waals surface area contributed by atoms with Crippen LogP contribution >= 0.6 is 0 Å². The molecule has 1 saturated carbocycles. The summed E-state index contributed by atoms with van der Waals surface area (Å²) in [6.07, 6.45) is 9.80. The van der Waals surface area contributed by atoms with E-state index in [0.29, 0.717) is 0 Å². The van der Waals surface area contributed by atoms with Gasteiger partial charge in [0.05, 0.1) is 5.25 Å². The van der Waals surface area contributed by atoms with E-state index in [2.05, 4.69) is 0 Å². The number of hydrogen-bond acceptors (Lipinski definition) is 2. The zero-order valence-corrected chi connectivity index (χ0v) is 8.44. The molecule has 1 aliphatic rings. The van der Waals surface area contributed by atoms with Crippen molar-refractivity contribution in [1.82, 2.24) is 0 Å². The topological polar surface area (TPSA) is 34.1 Å². The minimum absolute atomic E-state index is 0.169. The molecule has 3 heteroatoms. The summed E-state index contributed by atoms with van der Waals surface area (Å²) in [5.41, 5.74) is 0. The van der Waals surface area contributed by atoms with E-state index >= 15 is 0 Å². The van der Waals surface area contributed by atoms with Gasteiger partial charge in [-0.15, -0.1) is 0 Å². The number of hydrogen-bond donors (Lipinski definition) is 0. The summed E-state index contributed by atoms with van der Waals surface area (Å²) < 4.78 is 22.4. The predicted octanol–water partition coefficient (Wildman–Crippen LogP) is 1.96. The van der Waals surface area contributed by atoms with Crippen molar-refractivity contribution in [3.63, 3.8) is 0 Å². The van der Waals surface area contributed by atoms with E-state index in [4.69, 9.17) is 0 Å². The second-order valence-corrected chi connectivity index (χ2v) is 5.86. The van der Waals surface area contributed by atoms with Crippen molar-refractivity contribution >= 4 is 9.84 Å². The van der Waals surface area contributed by atoms with Crippen LogP contribution in [0.15, 0.2) is 0 Å². The SMILES string of the molecule is CS(=O)(=O)C1[CH]CCCCCC1. The lowest BCUT2D eigenvalue weighted by Gasteiger charge is -2.17. The van der Waals surface area contributed by atoms with Crippen molar-refractivity contribution in [2.75, 3.05) is 6.26 Å². The van der Waals surface area contributed by atoms with Crippen LogP contribution in [0.5, 0.6) is 0 Å². The van der Waals surface area contributed by atoms with Gasteiger partial charge in [0, 0.05) is 6.26 Å². The molecule has 1 radical (unpaired) electrons. The van der Waals surface area contributed by atoms with Crippen LogP contribution in [-0.2, 0) is 9.84 Å². The third-order valence-electron chi connectivity index (χ3n) is 2.42. The van der Waals surface area contributed by atoms with Gasteiger partial charge in [0.2, 0.25) is 0 Å². The lowest BCUT2D eigenvalue weighted by atomic mass is 10.0. The van der Waals surface area contributed by atoms with E-state index in [-0.39, 0.29) is 5.25 Å². The van der Waals surface area contributed by atoms with Crippen molar-refractivity contribution in [2.24, 2.45) is 0 Å². The Morgan fingerprint density at radius 3 is 2.50 bits per heavy atom. The molecule has 1 aliphatic carbocycles. The van der Waals surface area contributed by atoms with Crippen LogP contribution in [0.25, 0.3) is 0 Å². The molecule has 71 valence electrons. The molecular weight excluding hydrogens is 172 g/mol. The maximum atomic E-state index is 11.2. The van der Waals surface area contributed by atoms with E-state index in [1.54, 1.807) is 0 Å². The van der Waals surface area contributed by atoms with Crippen LogP contribution in [0, 0.1) is 6.42 Å². The zero-order valence-electron chi connectivity index (χ0n) is 7.62. The van der Waals surface area contributed by atoms with Crippen LogP contribution in [0.3, 0.4) is 0 Å². The minimum Gasteiger partial charge on any atom is -0.229 e. The van der Waals surface area contributed by atoms with E-state index < -0.39 is 9.84 Å². The van der Waals surface area contributed by atoms with Gasteiger partial charge in [-0.05, 0) is 19.3 Å². The average Bonchev–Trinajstić information content (AvgIpc) is 1.81. The summed E-state index contributed by atoms with van der Waals surface area (Å²) in [6.45, 7) is 0. The van der Waals surface area contributed by atoms with Crippen LogP contribution in [0.2, 0.25) is 0 Å². The molecule has 0 heterocycles. The molecule has 0 aliphatic heterocycles. The highest BCUT2D eigenvalue weighted by Gasteiger charge is 2.20. The molecule has 0 aromatic heterocycles. The van der Waals surface area contributed by atoms with Gasteiger partial charge >= 0.3 is 0 Å². The van der Waals surface area contributed by atoms with Gasteiger partial charge in [-0.25, -0.2) is 8.42 Å². The summed E-state index contributed by atoms with van der Waals surface area (Å²) in [4.78, 5) is 0. The molecule has 0 saturated heterocycles. The third kappa shape index (κ3) is 3.13. The normalized spacial score (nSPS) is 23.1. The Morgan fingerprint density at radius 2 is 1.83 bits per heavy atom. The lowest BCUT2D eigenvalue weighted by molar-refractivity contribution is 0.539. The van der Waals surface area contributed by atoms with E-state index in [9.17, 15) is 8.42 Å². The van der Waals surface area contributed by atoms with Gasteiger partial charge < -0.3 is 0 Å². The van der Waals surface area contributed by atoms with Gasteiger partial charge in [0.25, 0.3) is 0 Å². The summed E-state index contributed by atoms with van der Waals surface area (Å²) >= 11 is 0. The second-order valence-electron chi connectivity index (χ2n) is 3.60.